The van der Waals surface area contributed by atoms with Gasteiger partial charge < -0.3 is 9.84 Å². The highest BCUT2D eigenvalue weighted by Gasteiger charge is 2.30. The minimum Gasteiger partial charge on any atom is -0.484 e. The summed E-state index contributed by atoms with van der Waals surface area (Å²) in [6.45, 7) is 9.15. The average molecular weight is 348 g/mol. The summed E-state index contributed by atoms with van der Waals surface area (Å²) in [5, 5.41) is 20.6. The molecular weight excluding hydrogens is 324 g/mol. The minimum atomic E-state index is -0.945. The molecule has 136 valence electrons. The van der Waals surface area contributed by atoms with Crippen LogP contribution in [0.3, 0.4) is 0 Å². The molecule has 0 spiro atoms. The van der Waals surface area contributed by atoms with Gasteiger partial charge in [-0.25, -0.2) is 4.79 Å². The molecule has 0 aliphatic carbocycles. The van der Waals surface area contributed by atoms with Crippen molar-refractivity contribution in [2.24, 2.45) is 0 Å². The van der Waals surface area contributed by atoms with Gasteiger partial charge in [-0.05, 0) is 63.8 Å². The molecule has 0 bridgehead atoms. The molecule has 0 radical (unpaired) electrons. The topological polar surface area (TPSA) is 92.9 Å². The van der Waals surface area contributed by atoms with E-state index in [1.54, 1.807) is 6.07 Å². The fraction of sp³-hybridized carbons (Fsp3) is 0.500. The van der Waals surface area contributed by atoms with E-state index in [2.05, 4.69) is 0 Å². The zero-order chi connectivity index (χ0) is 18.9. The lowest BCUT2D eigenvalue weighted by atomic mass is 9.89. The van der Waals surface area contributed by atoms with E-state index in [1.165, 1.54) is 11.0 Å². The van der Waals surface area contributed by atoms with Crippen LogP contribution < -0.4 is 4.74 Å². The summed E-state index contributed by atoms with van der Waals surface area (Å²) in [6, 6.07) is 2.79. The Balaban J connectivity index is 2.50. The second kappa shape index (κ2) is 7.13. The van der Waals surface area contributed by atoms with Crippen LogP contribution >= 0.6 is 0 Å². The maximum atomic E-state index is 11.4. The van der Waals surface area contributed by atoms with Gasteiger partial charge in [0.2, 0.25) is 0 Å². The normalized spacial score (nSPS) is 20.4. The highest BCUT2D eigenvalue weighted by atomic mass is 16.6. The first-order valence-corrected chi connectivity index (χ1v) is 8.29. The summed E-state index contributed by atoms with van der Waals surface area (Å²) < 4.78 is 5.63. The SMILES string of the molecule is Cc1cc([N+](=O)[O-])c(OC(C)C)cc1C1=C[C@@H](C)N(C(=O)O)[C@@H](C)C1. The van der Waals surface area contributed by atoms with Gasteiger partial charge in [-0.2, -0.15) is 0 Å². The Kier molecular flexibility index (Phi) is 5.35. The van der Waals surface area contributed by atoms with Gasteiger partial charge in [0, 0.05) is 12.1 Å². The number of hydrogen-bond donors (Lipinski definition) is 1. The van der Waals surface area contributed by atoms with Crippen LogP contribution in [0.2, 0.25) is 0 Å². The largest absolute Gasteiger partial charge is 0.484 e. The van der Waals surface area contributed by atoms with E-state index < -0.39 is 11.0 Å². The molecule has 0 aromatic heterocycles. The first kappa shape index (κ1) is 18.8. The summed E-state index contributed by atoms with van der Waals surface area (Å²) in [4.78, 5) is 23.7. The molecule has 2 atom stereocenters. The second-order valence-corrected chi connectivity index (χ2v) is 6.73. The number of nitrogens with zero attached hydrogens (tertiary/aromatic N) is 2. The van der Waals surface area contributed by atoms with Crippen LogP contribution in [-0.4, -0.2) is 39.2 Å². The summed E-state index contributed by atoms with van der Waals surface area (Å²) in [5.41, 5.74) is 2.57. The number of carbonyl (C=O) groups is 1. The zero-order valence-electron chi connectivity index (χ0n) is 15.1. The molecule has 1 aliphatic heterocycles. The smallest absolute Gasteiger partial charge is 0.408 e. The molecule has 7 nitrogen and oxygen atoms in total. The van der Waals surface area contributed by atoms with E-state index >= 15 is 0 Å². The number of benzene rings is 1. The Labute approximate surface area is 147 Å². The molecular formula is C18H24N2O5. The number of aryl methyl sites for hydroxylation is 1. The fourth-order valence-electron chi connectivity index (χ4n) is 3.33. The molecule has 1 heterocycles. The molecule has 1 amide bonds. The number of nitro groups is 1. The Morgan fingerprint density at radius 1 is 1.40 bits per heavy atom. The van der Waals surface area contributed by atoms with Crippen LogP contribution in [0.4, 0.5) is 10.5 Å². The van der Waals surface area contributed by atoms with Crippen molar-refractivity contribution in [3.05, 3.63) is 39.4 Å². The van der Waals surface area contributed by atoms with Gasteiger partial charge in [-0.3, -0.25) is 15.0 Å². The van der Waals surface area contributed by atoms with Crippen molar-refractivity contribution in [1.82, 2.24) is 4.90 Å². The number of nitro benzene ring substituents is 1. The lowest BCUT2D eigenvalue weighted by molar-refractivity contribution is -0.386. The molecule has 1 N–H and O–H groups in total. The van der Waals surface area contributed by atoms with Crippen LogP contribution in [0, 0.1) is 17.0 Å². The van der Waals surface area contributed by atoms with Crippen LogP contribution in [0.5, 0.6) is 5.75 Å². The quantitative estimate of drug-likeness (QED) is 0.649. The number of carboxylic acid groups (broad SMARTS) is 1. The van der Waals surface area contributed by atoms with Crippen molar-refractivity contribution in [3.63, 3.8) is 0 Å². The molecule has 0 saturated heterocycles. The van der Waals surface area contributed by atoms with Gasteiger partial charge in [0.05, 0.1) is 17.1 Å². The molecule has 7 heteroatoms. The van der Waals surface area contributed by atoms with Gasteiger partial charge in [-0.15, -0.1) is 0 Å². The maximum absolute atomic E-state index is 11.4. The van der Waals surface area contributed by atoms with Crippen LogP contribution in [0.1, 0.15) is 45.2 Å². The molecule has 0 fully saturated rings. The summed E-state index contributed by atoms with van der Waals surface area (Å²) >= 11 is 0. The molecule has 0 saturated carbocycles. The molecule has 1 aromatic carbocycles. The van der Waals surface area contributed by atoms with Crippen molar-refractivity contribution in [2.75, 3.05) is 0 Å². The molecule has 1 aromatic rings. The first-order valence-electron chi connectivity index (χ1n) is 8.29. The predicted molar refractivity (Wildman–Crippen MR) is 95.0 cm³/mol. The van der Waals surface area contributed by atoms with Crippen molar-refractivity contribution < 1.29 is 19.6 Å². The van der Waals surface area contributed by atoms with E-state index in [9.17, 15) is 20.0 Å². The van der Waals surface area contributed by atoms with E-state index in [1.807, 2.05) is 40.7 Å². The van der Waals surface area contributed by atoms with Crippen molar-refractivity contribution in [3.8, 4) is 5.75 Å². The third-order valence-electron chi connectivity index (χ3n) is 4.30. The van der Waals surface area contributed by atoms with E-state index in [0.717, 1.165) is 16.7 Å². The van der Waals surface area contributed by atoms with Crippen LogP contribution in [0.25, 0.3) is 5.57 Å². The monoisotopic (exact) mass is 348 g/mol. The van der Waals surface area contributed by atoms with Crippen LogP contribution in [0.15, 0.2) is 18.2 Å². The number of ether oxygens (including phenoxy) is 1. The van der Waals surface area contributed by atoms with Crippen molar-refractivity contribution in [2.45, 2.75) is 59.2 Å². The highest BCUT2D eigenvalue weighted by Crippen LogP contribution is 2.37. The Morgan fingerprint density at radius 2 is 2.04 bits per heavy atom. The van der Waals surface area contributed by atoms with E-state index in [4.69, 9.17) is 4.74 Å². The van der Waals surface area contributed by atoms with Gasteiger partial charge in [0.25, 0.3) is 0 Å². The molecule has 25 heavy (non-hydrogen) atoms. The van der Waals surface area contributed by atoms with Gasteiger partial charge in [0.15, 0.2) is 5.75 Å². The average Bonchev–Trinajstić information content (AvgIpc) is 2.46. The Morgan fingerprint density at radius 3 is 2.52 bits per heavy atom. The summed E-state index contributed by atoms with van der Waals surface area (Å²) in [7, 11) is 0. The fourth-order valence-corrected chi connectivity index (χ4v) is 3.33. The maximum Gasteiger partial charge on any atom is 0.408 e. The second-order valence-electron chi connectivity index (χ2n) is 6.73. The number of hydrogen-bond acceptors (Lipinski definition) is 4. The number of amides is 1. The Bertz CT molecular complexity index is 726. The highest BCUT2D eigenvalue weighted by molar-refractivity contribution is 5.76. The summed E-state index contributed by atoms with van der Waals surface area (Å²) in [6.07, 6.45) is 1.33. The van der Waals surface area contributed by atoms with E-state index in [0.29, 0.717) is 6.42 Å². The Hall–Kier alpha value is -2.57. The van der Waals surface area contributed by atoms with Crippen molar-refractivity contribution >= 4 is 17.4 Å². The van der Waals surface area contributed by atoms with Gasteiger partial charge in [0.1, 0.15) is 0 Å². The van der Waals surface area contributed by atoms with Gasteiger partial charge >= 0.3 is 11.8 Å². The van der Waals surface area contributed by atoms with Crippen molar-refractivity contribution in [1.29, 1.82) is 0 Å². The van der Waals surface area contributed by atoms with Gasteiger partial charge in [-0.1, -0.05) is 6.08 Å². The minimum absolute atomic E-state index is 0.0559. The molecule has 2 rings (SSSR count). The third kappa shape index (κ3) is 3.92. The third-order valence-corrected chi connectivity index (χ3v) is 4.30. The predicted octanol–water partition coefficient (Wildman–Crippen LogP) is 4.23. The zero-order valence-corrected chi connectivity index (χ0v) is 15.1. The lowest BCUT2D eigenvalue weighted by Crippen LogP contribution is -2.45. The summed E-state index contributed by atoms with van der Waals surface area (Å²) in [5.74, 6) is 0.238. The standard InChI is InChI=1S/C18H24N2O5/c1-10(2)25-17-9-15(11(3)6-16(17)20(23)24)14-7-12(4)19(18(21)22)13(5)8-14/h6-7,9-10,12-13H,8H2,1-5H3,(H,21,22)/t12-,13+/m1/s1. The molecule has 0 unspecified atom stereocenters. The first-order chi connectivity index (χ1) is 11.6. The van der Waals surface area contributed by atoms with E-state index in [-0.39, 0.29) is 29.6 Å². The van der Waals surface area contributed by atoms with Crippen LogP contribution in [-0.2, 0) is 0 Å². The molecule has 1 aliphatic rings. The number of rotatable bonds is 4. The lowest BCUT2D eigenvalue weighted by Gasteiger charge is -2.36.